The summed E-state index contributed by atoms with van der Waals surface area (Å²) in [6.45, 7) is 3.89. The highest BCUT2D eigenvalue weighted by molar-refractivity contribution is 6.06. The molecule has 24 heavy (non-hydrogen) atoms. The smallest absolute Gasteiger partial charge is 0.292 e. The van der Waals surface area contributed by atoms with E-state index in [1.54, 1.807) is 47.0 Å². The van der Waals surface area contributed by atoms with Crippen molar-refractivity contribution in [3.8, 4) is 0 Å². The fourth-order valence-corrected chi connectivity index (χ4v) is 2.32. The molecule has 0 saturated heterocycles. The maximum Gasteiger partial charge on any atom is 0.292 e. The van der Waals surface area contributed by atoms with Crippen LogP contribution in [0.2, 0.25) is 0 Å². The van der Waals surface area contributed by atoms with Crippen LogP contribution in [0.5, 0.6) is 0 Å². The van der Waals surface area contributed by atoms with Crippen LogP contribution in [0.15, 0.2) is 67.4 Å². The summed E-state index contributed by atoms with van der Waals surface area (Å²) in [6.07, 6.45) is 3.28. The first kappa shape index (κ1) is 15.5. The van der Waals surface area contributed by atoms with Gasteiger partial charge in [-0.2, -0.15) is 0 Å². The number of hydrogen-bond acceptors (Lipinski definition) is 3. The molecular formula is C18H16N4O2. The van der Waals surface area contributed by atoms with Crippen molar-refractivity contribution in [2.24, 2.45) is 0 Å². The van der Waals surface area contributed by atoms with Gasteiger partial charge in [-0.25, -0.2) is 4.98 Å². The Balaban J connectivity index is 1.97. The summed E-state index contributed by atoms with van der Waals surface area (Å²) < 4.78 is 1.60. The Labute approximate surface area is 138 Å². The molecule has 2 amide bonds. The highest BCUT2D eigenvalue weighted by atomic mass is 16.2. The SMILES string of the molecule is C=CCNC(=O)c1nc(C(=O)Nc2ccccc2)n2ccccc12. The van der Waals surface area contributed by atoms with Crippen LogP contribution in [0, 0.1) is 0 Å². The lowest BCUT2D eigenvalue weighted by Crippen LogP contribution is -2.24. The van der Waals surface area contributed by atoms with Crippen molar-refractivity contribution >= 4 is 23.0 Å². The largest absolute Gasteiger partial charge is 0.347 e. The molecule has 0 bridgehead atoms. The molecule has 0 atom stereocenters. The van der Waals surface area contributed by atoms with E-state index in [0.717, 1.165) is 0 Å². The van der Waals surface area contributed by atoms with E-state index in [2.05, 4.69) is 22.2 Å². The number of benzene rings is 1. The van der Waals surface area contributed by atoms with Crippen molar-refractivity contribution in [2.45, 2.75) is 0 Å². The maximum absolute atomic E-state index is 12.5. The molecule has 3 rings (SSSR count). The minimum atomic E-state index is -0.384. The number of para-hydroxylation sites is 1. The third-order valence-corrected chi connectivity index (χ3v) is 3.41. The van der Waals surface area contributed by atoms with Crippen LogP contribution in [0.1, 0.15) is 21.1 Å². The van der Waals surface area contributed by atoms with Crippen molar-refractivity contribution in [3.05, 3.63) is 78.9 Å². The molecule has 0 aliphatic carbocycles. The van der Waals surface area contributed by atoms with Gasteiger partial charge in [-0.3, -0.25) is 14.0 Å². The second-order valence-electron chi connectivity index (χ2n) is 5.06. The molecule has 0 radical (unpaired) electrons. The van der Waals surface area contributed by atoms with Gasteiger partial charge >= 0.3 is 0 Å². The van der Waals surface area contributed by atoms with Crippen LogP contribution < -0.4 is 10.6 Å². The summed E-state index contributed by atoms with van der Waals surface area (Å²) >= 11 is 0. The molecule has 0 aliphatic heterocycles. The van der Waals surface area contributed by atoms with E-state index in [1.807, 2.05) is 18.2 Å². The van der Waals surface area contributed by atoms with Crippen molar-refractivity contribution < 1.29 is 9.59 Å². The van der Waals surface area contributed by atoms with E-state index < -0.39 is 0 Å². The van der Waals surface area contributed by atoms with Crippen LogP contribution in [0.25, 0.3) is 5.52 Å². The van der Waals surface area contributed by atoms with Gasteiger partial charge in [0.1, 0.15) is 0 Å². The number of rotatable bonds is 5. The Bertz CT molecular complexity index is 900. The number of nitrogens with one attached hydrogen (secondary N) is 2. The summed E-state index contributed by atoms with van der Waals surface area (Å²) in [7, 11) is 0. The summed E-state index contributed by atoms with van der Waals surface area (Å²) in [5.41, 5.74) is 1.43. The highest BCUT2D eigenvalue weighted by Gasteiger charge is 2.21. The van der Waals surface area contributed by atoms with Crippen LogP contribution >= 0.6 is 0 Å². The minimum Gasteiger partial charge on any atom is -0.347 e. The average molecular weight is 320 g/mol. The van der Waals surface area contributed by atoms with Gasteiger partial charge in [-0.15, -0.1) is 6.58 Å². The van der Waals surface area contributed by atoms with Crippen LogP contribution in [0.3, 0.4) is 0 Å². The van der Waals surface area contributed by atoms with Gasteiger partial charge in [0, 0.05) is 18.4 Å². The second-order valence-corrected chi connectivity index (χ2v) is 5.06. The molecule has 0 fully saturated rings. The van der Waals surface area contributed by atoms with Crippen molar-refractivity contribution in [1.82, 2.24) is 14.7 Å². The number of aromatic nitrogens is 2. The molecule has 0 unspecified atom stereocenters. The lowest BCUT2D eigenvalue weighted by molar-refractivity contribution is 0.0955. The third-order valence-electron chi connectivity index (χ3n) is 3.41. The number of hydrogen-bond donors (Lipinski definition) is 2. The van der Waals surface area contributed by atoms with E-state index in [-0.39, 0.29) is 23.3 Å². The molecule has 6 heteroatoms. The summed E-state index contributed by atoms with van der Waals surface area (Å²) in [4.78, 5) is 29.0. The topological polar surface area (TPSA) is 75.5 Å². The van der Waals surface area contributed by atoms with E-state index in [4.69, 9.17) is 0 Å². The van der Waals surface area contributed by atoms with Crippen molar-refractivity contribution in [2.75, 3.05) is 11.9 Å². The predicted octanol–water partition coefficient (Wildman–Crippen LogP) is 2.50. The zero-order valence-electron chi connectivity index (χ0n) is 12.9. The zero-order chi connectivity index (χ0) is 16.9. The fourth-order valence-electron chi connectivity index (χ4n) is 2.32. The fraction of sp³-hybridized carbons (Fsp3) is 0.0556. The molecular weight excluding hydrogens is 304 g/mol. The van der Waals surface area contributed by atoms with Crippen LogP contribution in [-0.4, -0.2) is 27.7 Å². The molecule has 0 saturated carbocycles. The van der Waals surface area contributed by atoms with Crippen molar-refractivity contribution in [1.29, 1.82) is 0 Å². The van der Waals surface area contributed by atoms with Gasteiger partial charge in [0.2, 0.25) is 5.82 Å². The third kappa shape index (κ3) is 3.03. The standard InChI is InChI=1S/C18H16N4O2/c1-2-11-19-17(23)15-14-10-6-7-12-22(14)16(21-15)18(24)20-13-8-4-3-5-9-13/h2-10,12H,1,11H2,(H,19,23)(H,20,24). The Morgan fingerprint density at radius 1 is 1.08 bits per heavy atom. The first-order valence-electron chi connectivity index (χ1n) is 7.43. The number of fused-ring (bicyclic) bond motifs is 1. The van der Waals surface area contributed by atoms with E-state index in [0.29, 0.717) is 17.7 Å². The quantitative estimate of drug-likeness (QED) is 0.709. The Morgan fingerprint density at radius 2 is 1.83 bits per heavy atom. The first-order valence-corrected chi connectivity index (χ1v) is 7.43. The van der Waals surface area contributed by atoms with Gasteiger partial charge < -0.3 is 10.6 Å². The molecule has 0 aliphatic rings. The van der Waals surface area contributed by atoms with E-state index in [1.165, 1.54) is 0 Å². The number of nitrogens with zero attached hydrogens (tertiary/aromatic N) is 2. The number of carbonyl (C=O) groups excluding carboxylic acids is 2. The van der Waals surface area contributed by atoms with E-state index >= 15 is 0 Å². The molecule has 3 aromatic rings. The summed E-state index contributed by atoms with van der Waals surface area (Å²) in [6, 6.07) is 14.4. The lowest BCUT2D eigenvalue weighted by Gasteiger charge is -2.03. The van der Waals surface area contributed by atoms with Crippen molar-refractivity contribution in [3.63, 3.8) is 0 Å². The number of carbonyl (C=O) groups is 2. The van der Waals surface area contributed by atoms with Gasteiger partial charge in [0.15, 0.2) is 5.69 Å². The molecule has 1 aromatic carbocycles. The molecule has 6 nitrogen and oxygen atoms in total. The number of pyridine rings is 1. The molecule has 2 N–H and O–H groups in total. The molecule has 0 spiro atoms. The molecule has 2 aromatic heterocycles. The van der Waals surface area contributed by atoms with Gasteiger partial charge in [-0.05, 0) is 24.3 Å². The average Bonchev–Trinajstić information content (AvgIpc) is 3.00. The summed E-state index contributed by atoms with van der Waals surface area (Å²) in [5, 5.41) is 5.45. The Kier molecular flexibility index (Phi) is 4.38. The zero-order valence-corrected chi connectivity index (χ0v) is 12.9. The van der Waals surface area contributed by atoms with Crippen LogP contribution in [-0.2, 0) is 0 Å². The minimum absolute atomic E-state index is 0.151. The first-order chi connectivity index (χ1) is 11.7. The number of amides is 2. The monoisotopic (exact) mass is 320 g/mol. The molecule has 2 heterocycles. The molecule has 120 valence electrons. The normalized spacial score (nSPS) is 10.3. The van der Waals surface area contributed by atoms with E-state index in [9.17, 15) is 9.59 Å². The van der Waals surface area contributed by atoms with Gasteiger partial charge in [0.05, 0.1) is 5.52 Å². The second kappa shape index (κ2) is 6.78. The highest BCUT2D eigenvalue weighted by Crippen LogP contribution is 2.15. The lowest BCUT2D eigenvalue weighted by atomic mass is 10.3. The number of anilines is 1. The Hall–Kier alpha value is -3.41. The van der Waals surface area contributed by atoms with Gasteiger partial charge in [0.25, 0.3) is 11.8 Å². The Morgan fingerprint density at radius 3 is 2.58 bits per heavy atom. The maximum atomic E-state index is 12.5. The summed E-state index contributed by atoms with van der Waals surface area (Å²) in [5.74, 6) is -0.583. The predicted molar refractivity (Wildman–Crippen MR) is 92.1 cm³/mol. The number of imidazole rings is 1. The van der Waals surface area contributed by atoms with Crippen LogP contribution in [0.4, 0.5) is 5.69 Å². The van der Waals surface area contributed by atoms with Gasteiger partial charge in [-0.1, -0.05) is 30.3 Å².